The molecule has 34 heavy (non-hydrogen) atoms. The van der Waals surface area contributed by atoms with Crippen LogP contribution in [0.4, 0.5) is 8.78 Å². The molecule has 0 bridgehead atoms. The van der Waals surface area contributed by atoms with Gasteiger partial charge in [-0.1, -0.05) is 31.2 Å². The Kier molecular flexibility index (Phi) is 9.16. The quantitative estimate of drug-likeness (QED) is 0.447. The molecule has 186 valence electrons. The fourth-order valence-electron chi connectivity index (χ4n) is 4.29. The fraction of sp³-hybridized carbons (Fsp3) is 0.480. The highest BCUT2D eigenvalue weighted by Gasteiger charge is 2.34. The molecule has 3 N–H and O–H groups in total. The molecule has 3 rings (SSSR count). The number of aliphatic hydroxyl groups is 1. The van der Waals surface area contributed by atoms with E-state index in [1.807, 2.05) is 18.2 Å². The zero-order valence-corrected chi connectivity index (χ0v) is 20.1. The van der Waals surface area contributed by atoms with Gasteiger partial charge in [-0.05, 0) is 54.5 Å². The van der Waals surface area contributed by atoms with Gasteiger partial charge in [-0.2, -0.15) is 0 Å². The van der Waals surface area contributed by atoms with E-state index < -0.39 is 44.8 Å². The van der Waals surface area contributed by atoms with Crippen molar-refractivity contribution in [3.8, 4) is 0 Å². The van der Waals surface area contributed by atoms with Crippen molar-refractivity contribution >= 4 is 15.7 Å². The van der Waals surface area contributed by atoms with Crippen LogP contribution in [0.3, 0.4) is 0 Å². The molecular weight excluding hydrogens is 462 g/mol. The van der Waals surface area contributed by atoms with Gasteiger partial charge in [-0.3, -0.25) is 4.79 Å². The minimum atomic E-state index is -3.29. The van der Waals surface area contributed by atoms with Gasteiger partial charge in [0.15, 0.2) is 9.84 Å². The number of hydrogen-bond donors (Lipinski definition) is 3. The van der Waals surface area contributed by atoms with Crippen LogP contribution in [0.1, 0.15) is 42.9 Å². The summed E-state index contributed by atoms with van der Waals surface area (Å²) in [6.07, 6.45) is 0.594. The second-order valence-electron chi connectivity index (χ2n) is 8.86. The minimum Gasteiger partial charge on any atom is -0.390 e. The topological polar surface area (TPSA) is 95.5 Å². The smallest absolute Gasteiger partial charge is 0.221 e. The zero-order chi connectivity index (χ0) is 24.7. The molecule has 1 amide bonds. The summed E-state index contributed by atoms with van der Waals surface area (Å²) in [4.78, 5) is 12.6. The lowest BCUT2D eigenvalue weighted by Gasteiger charge is -2.25. The van der Waals surface area contributed by atoms with E-state index in [2.05, 4.69) is 23.6 Å². The van der Waals surface area contributed by atoms with Crippen molar-refractivity contribution in [2.24, 2.45) is 0 Å². The Morgan fingerprint density at radius 3 is 2.47 bits per heavy atom. The summed E-state index contributed by atoms with van der Waals surface area (Å²) in [6, 6.07) is 10.2. The molecule has 0 spiro atoms. The predicted octanol–water partition coefficient (Wildman–Crippen LogP) is 2.67. The Bertz CT molecular complexity index is 1070. The summed E-state index contributed by atoms with van der Waals surface area (Å²) in [7, 11) is -3.29. The second kappa shape index (κ2) is 11.9. The number of hydrogen-bond acceptors (Lipinski definition) is 5. The van der Waals surface area contributed by atoms with Crippen LogP contribution in [-0.2, 0) is 34.0 Å². The average molecular weight is 495 g/mol. The number of aliphatic hydroxyl groups excluding tert-OH is 1. The van der Waals surface area contributed by atoms with Crippen molar-refractivity contribution < 1.29 is 27.1 Å². The van der Waals surface area contributed by atoms with Crippen LogP contribution in [0.15, 0.2) is 42.5 Å². The third kappa shape index (κ3) is 7.58. The highest BCUT2D eigenvalue weighted by Crippen LogP contribution is 2.23. The van der Waals surface area contributed by atoms with E-state index >= 15 is 0 Å². The summed E-state index contributed by atoms with van der Waals surface area (Å²) in [5.74, 6) is -1.93. The van der Waals surface area contributed by atoms with Crippen molar-refractivity contribution in [2.45, 2.75) is 63.0 Å². The van der Waals surface area contributed by atoms with E-state index in [9.17, 15) is 27.1 Å². The van der Waals surface area contributed by atoms with Crippen LogP contribution in [0.5, 0.6) is 0 Å². The van der Waals surface area contributed by atoms with E-state index in [1.54, 1.807) is 0 Å². The van der Waals surface area contributed by atoms with Gasteiger partial charge in [0.2, 0.25) is 5.91 Å². The molecular formula is C25H32F2N2O4S. The van der Waals surface area contributed by atoms with Crippen molar-refractivity contribution in [2.75, 3.05) is 12.3 Å². The Morgan fingerprint density at radius 1 is 1.12 bits per heavy atom. The van der Waals surface area contributed by atoms with E-state index in [4.69, 9.17) is 0 Å². The molecule has 0 aromatic heterocycles. The molecule has 1 unspecified atom stereocenters. The van der Waals surface area contributed by atoms with E-state index in [1.165, 1.54) is 5.56 Å². The van der Waals surface area contributed by atoms with Gasteiger partial charge in [0.05, 0.1) is 23.1 Å². The summed E-state index contributed by atoms with van der Waals surface area (Å²) < 4.78 is 51.5. The number of halogens is 2. The van der Waals surface area contributed by atoms with Crippen LogP contribution in [0.25, 0.3) is 0 Å². The van der Waals surface area contributed by atoms with Crippen LogP contribution in [0, 0.1) is 11.6 Å². The standard InChI is InChI=1S/C25H32F2N2O4S/c1-2-17-5-3-6-18(9-17)15-28-16-24(30)23(12-19-10-20(26)13-21(27)11-19)29-25(31)14-22-7-4-8-34(22,32)33/h3,5-6,9-11,13,22-24,28,30H,2,4,7-8,12,14-16H2,1H3,(H,29,31)/t22?,23-,24-/m0/s1. The summed E-state index contributed by atoms with van der Waals surface area (Å²) in [5, 5.41) is 15.9. The Labute approximate surface area is 199 Å². The third-order valence-electron chi connectivity index (χ3n) is 6.15. The first-order valence-electron chi connectivity index (χ1n) is 11.6. The van der Waals surface area contributed by atoms with Gasteiger partial charge < -0.3 is 15.7 Å². The first kappa shape index (κ1) is 26.2. The van der Waals surface area contributed by atoms with E-state index in [0.717, 1.165) is 30.2 Å². The number of amides is 1. The van der Waals surface area contributed by atoms with Crippen molar-refractivity contribution in [1.29, 1.82) is 0 Å². The lowest BCUT2D eigenvalue weighted by Crippen LogP contribution is -2.49. The average Bonchev–Trinajstić information content (AvgIpc) is 3.10. The third-order valence-corrected chi connectivity index (χ3v) is 8.42. The van der Waals surface area contributed by atoms with Crippen molar-refractivity contribution in [1.82, 2.24) is 10.6 Å². The molecule has 0 aliphatic carbocycles. The maximum atomic E-state index is 13.7. The molecule has 1 aliphatic heterocycles. The highest BCUT2D eigenvalue weighted by molar-refractivity contribution is 7.92. The first-order chi connectivity index (χ1) is 16.2. The highest BCUT2D eigenvalue weighted by atomic mass is 32.2. The number of benzene rings is 2. The molecule has 0 radical (unpaired) electrons. The number of carbonyl (C=O) groups is 1. The van der Waals surface area contributed by atoms with Crippen LogP contribution in [0.2, 0.25) is 0 Å². The molecule has 1 heterocycles. The molecule has 1 saturated heterocycles. The molecule has 2 aromatic rings. The Hall–Kier alpha value is -2.36. The number of sulfone groups is 1. The largest absolute Gasteiger partial charge is 0.390 e. The lowest BCUT2D eigenvalue weighted by atomic mass is 10.00. The van der Waals surface area contributed by atoms with Crippen LogP contribution < -0.4 is 10.6 Å². The number of carbonyl (C=O) groups excluding carboxylic acids is 1. The molecule has 9 heteroatoms. The second-order valence-corrected chi connectivity index (χ2v) is 11.3. The number of aryl methyl sites for hydroxylation is 1. The van der Waals surface area contributed by atoms with Crippen molar-refractivity contribution in [3.63, 3.8) is 0 Å². The Balaban J connectivity index is 1.66. The molecule has 2 aromatic carbocycles. The maximum absolute atomic E-state index is 13.7. The maximum Gasteiger partial charge on any atom is 0.221 e. The number of rotatable bonds is 11. The molecule has 1 fully saturated rings. The fourth-order valence-corrected chi connectivity index (χ4v) is 6.13. The molecule has 3 atom stereocenters. The normalized spacial score (nSPS) is 19.0. The van der Waals surface area contributed by atoms with Gasteiger partial charge in [-0.15, -0.1) is 0 Å². The van der Waals surface area contributed by atoms with Crippen LogP contribution >= 0.6 is 0 Å². The molecule has 0 saturated carbocycles. The minimum absolute atomic E-state index is 0.00793. The Morgan fingerprint density at radius 2 is 1.82 bits per heavy atom. The van der Waals surface area contributed by atoms with Gasteiger partial charge in [0.25, 0.3) is 0 Å². The SMILES string of the molecule is CCc1cccc(CNC[C@H](O)[C@H](Cc2cc(F)cc(F)c2)NC(=O)CC2CCCS2(=O)=O)c1. The number of nitrogens with one attached hydrogen (secondary N) is 2. The van der Waals surface area contributed by atoms with Crippen LogP contribution in [-0.4, -0.2) is 49.1 Å². The van der Waals surface area contributed by atoms with Gasteiger partial charge >= 0.3 is 0 Å². The molecule has 6 nitrogen and oxygen atoms in total. The van der Waals surface area contributed by atoms with Gasteiger partial charge in [-0.25, -0.2) is 17.2 Å². The lowest BCUT2D eigenvalue weighted by molar-refractivity contribution is -0.122. The monoisotopic (exact) mass is 494 g/mol. The van der Waals surface area contributed by atoms with Crippen molar-refractivity contribution in [3.05, 3.63) is 70.8 Å². The summed E-state index contributed by atoms with van der Waals surface area (Å²) >= 11 is 0. The first-order valence-corrected chi connectivity index (χ1v) is 13.3. The summed E-state index contributed by atoms with van der Waals surface area (Å²) in [5.41, 5.74) is 2.52. The van der Waals surface area contributed by atoms with Gasteiger partial charge in [0.1, 0.15) is 11.6 Å². The molecule has 1 aliphatic rings. The summed E-state index contributed by atoms with van der Waals surface area (Å²) in [6.45, 7) is 2.69. The zero-order valence-electron chi connectivity index (χ0n) is 19.3. The predicted molar refractivity (Wildman–Crippen MR) is 127 cm³/mol. The van der Waals surface area contributed by atoms with Gasteiger partial charge in [0, 0.05) is 25.6 Å². The van der Waals surface area contributed by atoms with E-state index in [0.29, 0.717) is 19.4 Å². The van der Waals surface area contributed by atoms with E-state index in [-0.39, 0.29) is 30.7 Å².